The smallest absolute Gasteiger partial charge is 0.407 e. The third-order valence-electron chi connectivity index (χ3n) is 5.18. The lowest BCUT2D eigenvalue weighted by Crippen LogP contribution is -2.35. The zero-order chi connectivity index (χ0) is 21.3. The molecule has 0 aromatic carbocycles. The van der Waals surface area contributed by atoms with Gasteiger partial charge in [0.05, 0.1) is 13.2 Å². The molecule has 1 heterocycles. The molecule has 3 N–H and O–H groups in total. The minimum absolute atomic E-state index is 0.0805. The first-order valence-corrected chi connectivity index (χ1v) is 11.2. The SMILES string of the molecule is CCCCCCCC(CCC(=O)OC(CO)CO)OC(=O)NCCN1CCCC1. The summed E-state index contributed by atoms with van der Waals surface area (Å²) in [5.74, 6) is -0.507. The van der Waals surface area contributed by atoms with Crippen LogP contribution < -0.4 is 5.32 Å². The second-order valence-electron chi connectivity index (χ2n) is 7.72. The number of aliphatic hydroxyl groups excluding tert-OH is 2. The Labute approximate surface area is 174 Å². The standard InChI is InChI=1S/C21H40N2O6/c1-2-3-4-5-6-9-18(10-11-20(26)28-19(16-24)17-25)29-21(27)22-12-15-23-13-7-8-14-23/h18-19,24-25H,2-17H2,1H3,(H,22,27). The number of carbonyl (C=O) groups excluding carboxylic acids is 2. The minimum atomic E-state index is -0.898. The van der Waals surface area contributed by atoms with Crippen molar-refractivity contribution in [2.45, 2.75) is 83.3 Å². The van der Waals surface area contributed by atoms with Crippen molar-refractivity contribution in [3.63, 3.8) is 0 Å². The van der Waals surface area contributed by atoms with Crippen LogP contribution >= 0.6 is 0 Å². The van der Waals surface area contributed by atoms with E-state index in [1.807, 2.05) is 0 Å². The molecule has 0 aliphatic carbocycles. The number of rotatable bonds is 16. The van der Waals surface area contributed by atoms with E-state index >= 15 is 0 Å². The fourth-order valence-corrected chi connectivity index (χ4v) is 3.41. The fraction of sp³-hybridized carbons (Fsp3) is 0.905. The van der Waals surface area contributed by atoms with Crippen LogP contribution in [0.15, 0.2) is 0 Å². The highest BCUT2D eigenvalue weighted by Gasteiger charge is 2.19. The van der Waals surface area contributed by atoms with Gasteiger partial charge in [0.25, 0.3) is 0 Å². The molecule has 0 spiro atoms. The van der Waals surface area contributed by atoms with Crippen LogP contribution in [0.25, 0.3) is 0 Å². The number of carbonyl (C=O) groups is 2. The van der Waals surface area contributed by atoms with Crippen molar-refractivity contribution in [3.05, 3.63) is 0 Å². The van der Waals surface area contributed by atoms with Gasteiger partial charge in [0, 0.05) is 19.5 Å². The van der Waals surface area contributed by atoms with E-state index in [2.05, 4.69) is 17.1 Å². The third kappa shape index (κ3) is 12.7. The van der Waals surface area contributed by atoms with Crippen molar-refractivity contribution >= 4 is 12.1 Å². The van der Waals surface area contributed by atoms with Crippen molar-refractivity contribution < 1.29 is 29.3 Å². The molecule has 1 rings (SSSR count). The monoisotopic (exact) mass is 416 g/mol. The number of hydrogen-bond donors (Lipinski definition) is 3. The van der Waals surface area contributed by atoms with Crippen LogP contribution in [0.2, 0.25) is 0 Å². The molecule has 1 fully saturated rings. The summed E-state index contributed by atoms with van der Waals surface area (Å²) in [5, 5.41) is 20.8. The largest absolute Gasteiger partial charge is 0.457 e. The normalized spacial score (nSPS) is 15.4. The lowest BCUT2D eigenvalue weighted by Gasteiger charge is -2.20. The molecule has 0 radical (unpaired) electrons. The lowest BCUT2D eigenvalue weighted by molar-refractivity contribution is -0.154. The molecule has 1 aliphatic rings. The first kappa shape index (κ1) is 25.7. The predicted molar refractivity (Wildman–Crippen MR) is 111 cm³/mol. The van der Waals surface area contributed by atoms with Gasteiger partial charge in [-0.05, 0) is 45.2 Å². The van der Waals surface area contributed by atoms with Gasteiger partial charge >= 0.3 is 12.1 Å². The van der Waals surface area contributed by atoms with Gasteiger partial charge in [-0.2, -0.15) is 0 Å². The minimum Gasteiger partial charge on any atom is -0.457 e. The van der Waals surface area contributed by atoms with E-state index in [0.29, 0.717) is 19.4 Å². The highest BCUT2D eigenvalue weighted by atomic mass is 16.6. The number of esters is 1. The zero-order valence-electron chi connectivity index (χ0n) is 17.9. The number of nitrogens with zero attached hydrogens (tertiary/aromatic N) is 1. The predicted octanol–water partition coefficient (Wildman–Crippen LogP) is 2.21. The van der Waals surface area contributed by atoms with Gasteiger partial charge < -0.3 is 29.9 Å². The highest BCUT2D eigenvalue weighted by Crippen LogP contribution is 2.15. The van der Waals surface area contributed by atoms with Crippen LogP contribution in [0.1, 0.15) is 71.1 Å². The van der Waals surface area contributed by atoms with Gasteiger partial charge in [0.15, 0.2) is 0 Å². The van der Waals surface area contributed by atoms with Crippen molar-refractivity contribution in [1.29, 1.82) is 0 Å². The molecular weight excluding hydrogens is 376 g/mol. The van der Waals surface area contributed by atoms with E-state index in [1.165, 1.54) is 25.7 Å². The fourth-order valence-electron chi connectivity index (χ4n) is 3.41. The van der Waals surface area contributed by atoms with Crippen molar-refractivity contribution in [1.82, 2.24) is 10.2 Å². The Morgan fingerprint density at radius 3 is 2.31 bits per heavy atom. The number of unbranched alkanes of at least 4 members (excludes halogenated alkanes) is 4. The Morgan fingerprint density at radius 1 is 0.966 bits per heavy atom. The van der Waals surface area contributed by atoms with E-state index in [4.69, 9.17) is 19.7 Å². The van der Waals surface area contributed by atoms with E-state index < -0.39 is 31.4 Å². The van der Waals surface area contributed by atoms with Crippen LogP contribution in [0.5, 0.6) is 0 Å². The second kappa shape index (κ2) is 16.4. The van der Waals surface area contributed by atoms with Crippen molar-refractivity contribution in [3.8, 4) is 0 Å². The summed E-state index contributed by atoms with van der Waals surface area (Å²) in [4.78, 5) is 26.4. The Morgan fingerprint density at radius 2 is 1.66 bits per heavy atom. The lowest BCUT2D eigenvalue weighted by atomic mass is 10.0. The van der Waals surface area contributed by atoms with Crippen LogP contribution in [0.3, 0.4) is 0 Å². The molecule has 1 atom stereocenters. The van der Waals surface area contributed by atoms with Gasteiger partial charge in [-0.3, -0.25) is 4.79 Å². The average Bonchev–Trinajstić information content (AvgIpc) is 3.23. The molecule has 1 unspecified atom stereocenters. The maximum atomic E-state index is 12.1. The van der Waals surface area contributed by atoms with Gasteiger partial charge in [-0.25, -0.2) is 4.79 Å². The summed E-state index contributed by atoms with van der Waals surface area (Å²) in [6.07, 6.45) is 7.43. The number of alkyl carbamates (subject to hydrolysis) is 1. The van der Waals surface area contributed by atoms with Gasteiger partial charge in [0.2, 0.25) is 0 Å². The van der Waals surface area contributed by atoms with E-state index in [9.17, 15) is 9.59 Å². The molecule has 0 bridgehead atoms. The maximum Gasteiger partial charge on any atom is 0.407 e. The van der Waals surface area contributed by atoms with Crippen molar-refractivity contribution in [2.75, 3.05) is 39.4 Å². The maximum absolute atomic E-state index is 12.1. The Balaban J connectivity index is 2.35. The van der Waals surface area contributed by atoms with Crippen LogP contribution in [0.4, 0.5) is 4.79 Å². The molecule has 0 aromatic rings. The van der Waals surface area contributed by atoms with Crippen LogP contribution in [-0.4, -0.2) is 78.8 Å². The average molecular weight is 417 g/mol. The first-order valence-electron chi connectivity index (χ1n) is 11.2. The Bertz CT molecular complexity index is 439. The molecule has 1 amide bonds. The molecule has 1 saturated heterocycles. The summed E-state index contributed by atoms with van der Waals surface area (Å²) >= 11 is 0. The van der Waals surface area contributed by atoms with Crippen LogP contribution in [-0.2, 0) is 14.3 Å². The van der Waals surface area contributed by atoms with E-state index in [1.54, 1.807) is 0 Å². The molecule has 8 nitrogen and oxygen atoms in total. The summed E-state index contributed by atoms with van der Waals surface area (Å²) in [7, 11) is 0. The number of amides is 1. The third-order valence-corrected chi connectivity index (χ3v) is 5.18. The summed E-state index contributed by atoms with van der Waals surface area (Å²) in [6.45, 7) is 4.88. The topological polar surface area (TPSA) is 108 Å². The number of ether oxygens (including phenoxy) is 2. The Hall–Kier alpha value is -1.38. The second-order valence-corrected chi connectivity index (χ2v) is 7.72. The van der Waals surface area contributed by atoms with Gasteiger partial charge in [-0.1, -0.05) is 32.6 Å². The molecular formula is C21H40N2O6. The van der Waals surface area contributed by atoms with Crippen LogP contribution in [0, 0.1) is 0 Å². The van der Waals surface area contributed by atoms with E-state index in [0.717, 1.165) is 38.9 Å². The summed E-state index contributed by atoms with van der Waals surface area (Å²) in [5.41, 5.74) is 0. The molecule has 29 heavy (non-hydrogen) atoms. The Kier molecular flexibility index (Phi) is 14.5. The zero-order valence-corrected chi connectivity index (χ0v) is 17.9. The molecule has 1 aliphatic heterocycles. The first-order chi connectivity index (χ1) is 14.1. The molecule has 0 saturated carbocycles. The quantitative estimate of drug-likeness (QED) is 0.261. The van der Waals surface area contributed by atoms with Gasteiger partial charge in [0.1, 0.15) is 12.2 Å². The molecule has 0 aromatic heterocycles. The van der Waals surface area contributed by atoms with E-state index in [-0.39, 0.29) is 12.5 Å². The summed E-state index contributed by atoms with van der Waals surface area (Å²) in [6, 6.07) is 0. The van der Waals surface area contributed by atoms with Crippen molar-refractivity contribution in [2.24, 2.45) is 0 Å². The summed E-state index contributed by atoms with van der Waals surface area (Å²) < 4.78 is 10.5. The number of nitrogens with one attached hydrogen (secondary N) is 1. The molecule has 8 heteroatoms. The number of likely N-dealkylation sites (tertiary alicyclic amines) is 1. The molecule has 170 valence electrons. The highest BCUT2D eigenvalue weighted by molar-refractivity contribution is 5.70. The number of hydrogen-bond acceptors (Lipinski definition) is 7. The van der Waals surface area contributed by atoms with Gasteiger partial charge in [-0.15, -0.1) is 0 Å². The number of aliphatic hydroxyl groups is 2.